The van der Waals surface area contributed by atoms with E-state index in [2.05, 4.69) is 79.5 Å². The van der Waals surface area contributed by atoms with E-state index >= 15 is 0 Å². The van der Waals surface area contributed by atoms with Crippen molar-refractivity contribution in [3.63, 3.8) is 0 Å². The Morgan fingerprint density at radius 2 is 1.92 bits per heavy atom. The van der Waals surface area contributed by atoms with Gasteiger partial charge in [0.1, 0.15) is 0 Å². The van der Waals surface area contributed by atoms with Gasteiger partial charge in [0.05, 0.1) is 6.10 Å². The maximum absolute atomic E-state index is 10.3. The minimum atomic E-state index is -0.287. The van der Waals surface area contributed by atoms with Crippen molar-refractivity contribution in [1.82, 2.24) is 4.90 Å². The molecule has 0 amide bonds. The second-order valence-corrected chi connectivity index (χ2v) is 7.87. The molecule has 1 aromatic rings. The predicted octanol–water partition coefficient (Wildman–Crippen LogP) is 4.19. The van der Waals surface area contributed by atoms with Gasteiger partial charge < -0.3 is 5.11 Å². The van der Waals surface area contributed by atoms with Crippen molar-refractivity contribution >= 4 is 0 Å². The molecule has 3 atom stereocenters. The number of hydrogen-bond acceptors (Lipinski definition) is 2. The Labute approximate surface area is 146 Å². The third kappa shape index (κ3) is 4.06. The summed E-state index contributed by atoms with van der Waals surface area (Å²) in [6, 6.07) is 10.6. The third-order valence-corrected chi connectivity index (χ3v) is 5.26. The Balaban J connectivity index is 1.77. The molecule has 2 nitrogen and oxygen atoms in total. The summed E-state index contributed by atoms with van der Waals surface area (Å²) in [6.07, 6.45) is 10.9. The molecule has 24 heavy (non-hydrogen) atoms. The van der Waals surface area contributed by atoms with E-state index in [1.54, 1.807) is 0 Å². The lowest BCUT2D eigenvalue weighted by Gasteiger charge is -2.22. The fraction of sp³-hybridized carbons (Fsp3) is 0.455. The fourth-order valence-corrected chi connectivity index (χ4v) is 3.80. The molecule has 1 N–H and O–H groups in total. The first-order chi connectivity index (χ1) is 11.4. The number of likely N-dealkylation sites (tertiary alicyclic amines) is 1. The van der Waals surface area contributed by atoms with Gasteiger partial charge in [-0.2, -0.15) is 0 Å². The molecule has 1 aliphatic carbocycles. The number of nitrogens with zero attached hydrogens (tertiary/aromatic N) is 1. The number of benzene rings is 1. The highest BCUT2D eigenvalue weighted by atomic mass is 16.3. The average Bonchev–Trinajstić information content (AvgIpc) is 2.86. The second kappa shape index (κ2) is 7.08. The molecule has 0 saturated carbocycles. The molecule has 1 fully saturated rings. The Morgan fingerprint density at radius 1 is 1.17 bits per heavy atom. The average molecular weight is 323 g/mol. The highest BCUT2D eigenvalue weighted by Crippen LogP contribution is 2.35. The second-order valence-electron chi connectivity index (χ2n) is 7.87. The van der Waals surface area contributed by atoms with Crippen molar-refractivity contribution in [1.29, 1.82) is 0 Å². The van der Waals surface area contributed by atoms with Crippen molar-refractivity contribution in [3.05, 3.63) is 71.8 Å². The molecule has 1 saturated heterocycles. The zero-order valence-electron chi connectivity index (χ0n) is 15.0. The molecule has 0 aromatic heterocycles. The van der Waals surface area contributed by atoms with Gasteiger partial charge in [0.25, 0.3) is 0 Å². The SMILES string of the molecule is CC(O)C1CN(Cc2ccccc2)CC1C1=CC=CC(C)(C)C=C1. The highest BCUT2D eigenvalue weighted by molar-refractivity contribution is 5.34. The van der Waals surface area contributed by atoms with E-state index in [9.17, 15) is 5.11 Å². The van der Waals surface area contributed by atoms with Crippen LogP contribution in [0.5, 0.6) is 0 Å². The van der Waals surface area contributed by atoms with Gasteiger partial charge in [-0.05, 0) is 18.1 Å². The minimum Gasteiger partial charge on any atom is -0.393 e. The van der Waals surface area contributed by atoms with Crippen molar-refractivity contribution in [2.24, 2.45) is 17.3 Å². The van der Waals surface area contributed by atoms with Crippen molar-refractivity contribution < 1.29 is 5.11 Å². The highest BCUT2D eigenvalue weighted by Gasteiger charge is 2.37. The minimum absolute atomic E-state index is 0.0981. The van der Waals surface area contributed by atoms with Crippen molar-refractivity contribution in [2.75, 3.05) is 13.1 Å². The molecule has 2 heteroatoms. The van der Waals surface area contributed by atoms with E-state index in [1.807, 2.05) is 6.92 Å². The van der Waals surface area contributed by atoms with Crippen LogP contribution in [0.3, 0.4) is 0 Å². The zero-order chi connectivity index (χ0) is 17.2. The quantitative estimate of drug-likeness (QED) is 0.898. The topological polar surface area (TPSA) is 23.5 Å². The summed E-state index contributed by atoms with van der Waals surface area (Å²) in [5, 5.41) is 10.3. The Bertz CT molecular complexity index is 639. The van der Waals surface area contributed by atoms with Gasteiger partial charge in [0, 0.05) is 36.9 Å². The van der Waals surface area contributed by atoms with Gasteiger partial charge in [-0.25, -0.2) is 0 Å². The van der Waals surface area contributed by atoms with E-state index < -0.39 is 0 Å². The van der Waals surface area contributed by atoms with Crippen LogP contribution < -0.4 is 0 Å². The third-order valence-electron chi connectivity index (χ3n) is 5.26. The first-order valence-electron chi connectivity index (χ1n) is 8.98. The smallest absolute Gasteiger partial charge is 0.0558 e. The van der Waals surface area contributed by atoms with Gasteiger partial charge in [-0.15, -0.1) is 0 Å². The maximum Gasteiger partial charge on any atom is 0.0558 e. The van der Waals surface area contributed by atoms with Gasteiger partial charge in [-0.1, -0.05) is 74.6 Å². The van der Waals surface area contributed by atoms with Crippen molar-refractivity contribution in [2.45, 2.75) is 33.4 Å². The van der Waals surface area contributed by atoms with E-state index in [0.717, 1.165) is 19.6 Å². The summed E-state index contributed by atoms with van der Waals surface area (Å²) < 4.78 is 0. The lowest BCUT2D eigenvalue weighted by molar-refractivity contribution is 0.114. The molecule has 1 heterocycles. The maximum atomic E-state index is 10.3. The fourth-order valence-electron chi connectivity index (χ4n) is 3.80. The molecule has 1 aliphatic heterocycles. The van der Waals surface area contributed by atoms with Crippen LogP contribution >= 0.6 is 0 Å². The summed E-state index contributed by atoms with van der Waals surface area (Å²) >= 11 is 0. The summed E-state index contributed by atoms with van der Waals surface area (Å²) in [7, 11) is 0. The van der Waals surface area contributed by atoms with Crippen LogP contribution in [0.15, 0.2) is 66.3 Å². The van der Waals surface area contributed by atoms with Crippen molar-refractivity contribution in [3.8, 4) is 0 Å². The van der Waals surface area contributed by atoms with Gasteiger partial charge in [0.2, 0.25) is 0 Å². The molecular weight excluding hydrogens is 294 g/mol. The number of aliphatic hydroxyl groups is 1. The molecule has 128 valence electrons. The zero-order valence-corrected chi connectivity index (χ0v) is 15.0. The monoisotopic (exact) mass is 323 g/mol. The Morgan fingerprint density at radius 3 is 2.62 bits per heavy atom. The van der Waals surface area contributed by atoms with Crippen LogP contribution in [0, 0.1) is 17.3 Å². The van der Waals surface area contributed by atoms with Crippen LogP contribution in [0.1, 0.15) is 26.3 Å². The molecule has 0 spiro atoms. The van der Waals surface area contributed by atoms with Crippen LogP contribution in [-0.4, -0.2) is 29.2 Å². The van der Waals surface area contributed by atoms with Gasteiger partial charge >= 0.3 is 0 Å². The number of rotatable bonds is 4. The standard InChI is InChI=1S/C22H29NO/c1-17(24)20-15-23(14-18-8-5-4-6-9-18)16-21(20)19-10-7-12-22(2,3)13-11-19/h4-13,17,20-21,24H,14-16H2,1-3H3. The van der Waals surface area contributed by atoms with Gasteiger partial charge in [0.15, 0.2) is 0 Å². The van der Waals surface area contributed by atoms with E-state index in [0.29, 0.717) is 11.8 Å². The molecule has 0 bridgehead atoms. The molecule has 1 aromatic carbocycles. The lowest BCUT2D eigenvalue weighted by Crippen LogP contribution is -2.26. The summed E-state index contributed by atoms with van der Waals surface area (Å²) in [6.45, 7) is 9.30. The van der Waals surface area contributed by atoms with Crippen LogP contribution in [0.25, 0.3) is 0 Å². The molecular formula is C22H29NO. The number of allylic oxidation sites excluding steroid dienone is 5. The van der Waals surface area contributed by atoms with E-state index in [1.165, 1.54) is 11.1 Å². The molecule has 0 radical (unpaired) electrons. The predicted molar refractivity (Wildman–Crippen MR) is 101 cm³/mol. The molecule has 3 rings (SSSR count). The molecule has 3 unspecified atom stereocenters. The van der Waals surface area contributed by atoms with E-state index in [-0.39, 0.29) is 11.5 Å². The lowest BCUT2D eigenvalue weighted by atomic mass is 9.84. The first kappa shape index (κ1) is 17.2. The summed E-state index contributed by atoms with van der Waals surface area (Å²) in [5.74, 6) is 0.683. The Hall–Kier alpha value is -1.64. The van der Waals surface area contributed by atoms with Crippen LogP contribution in [-0.2, 0) is 6.54 Å². The summed E-state index contributed by atoms with van der Waals surface area (Å²) in [5.41, 5.74) is 2.79. The van der Waals surface area contributed by atoms with Crippen LogP contribution in [0.4, 0.5) is 0 Å². The largest absolute Gasteiger partial charge is 0.393 e. The van der Waals surface area contributed by atoms with E-state index in [4.69, 9.17) is 0 Å². The number of aliphatic hydroxyl groups excluding tert-OH is 1. The van der Waals surface area contributed by atoms with Crippen LogP contribution in [0.2, 0.25) is 0 Å². The van der Waals surface area contributed by atoms with Gasteiger partial charge in [-0.3, -0.25) is 4.90 Å². The molecule has 2 aliphatic rings. The first-order valence-corrected chi connectivity index (χ1v) is 8.98. The number of hydrogen-bond donors (Lipinski definition) is 1. The summed E-state index contributed by atoms with van der Waals surface area (Å²) in [4.78, 5) is 2.48. The normalized spacial score (nSPS) is 27.8. The Kier molecular flexibility index (Phi) is 5.07.